The number of hydrogen-bond donors (Lipinski definition) is 0. The molecule has 0 N–H and O–H groups in total. The molecule has 0 nitrogen and oxygen atoms in total. The van der Waals surface area contributed by atoms with Crippen molar-refractivity contribution in [1.82, 2.24) is 0 Å². The van der Waals surface area contributed by atoms with E-state index in [0.29, 0.717) is 10.6 Å². The van der Waals surface area contributed by atoms with Crippen LogP contribution < -0.4 is 0 Å². The molecule has 0 saturated heterocycles. The molecule has 0 aliphatic rings. The molecule has 0 aromatic heterocycles. The van der Waals surface area contributed by atoms with Gasteiger partial charge in [-0.25, -0.2) is 8.78 Å². The van der Waals surface area contributed by atoms with Crippen molar-refractivity contribution in [1.29, 1.82) is 0 Å². The van der Waals surface area contributed by atoms with Crippen LogP contribution in [0.25, 0.3) is 0 Å². The summed E-state index contributed by atoms with van der Waals surface area (Å²) in [5.74, 6) is -0.847. The van der Waals surface area contributed by atoms with Gasteiger partial charge in [-0.1, -0.05) is 33.6 Å². The first kappa shape index (κ1) is 14.5. The second-order valence-corrected chi connectivity index (χ2v) is 5.84. The normalized spacial score (nSPS) is 12.5. The van der Waals surface area contributed by atoms with E-state index in [-0.39, 0.29) is 5.56 Å². The predicted molar refractivity (Wildman–Crippen MR) is 78.1 cm³/mol. The molecule has 0 bridgehead atoms. The van der Waals surface area contributed by atoms with Crippen LogP contribution >= 0.6 is 27.5 Å². The number of aryl methyl sites for hydroxylation is 2. The molecule has 1 unspecified atom stereocenters. The summed E-state index contributed by atoms with van der Waals surface area (Å²) < 4.78 is 27.6. The molecule has 0 saturated carbocycles. The lowest BCUT2D eigenvalue weighted by molar-refractivity contribution is 0.581. The third-order valence-electron chi connectivity index (χ3n) is 3.07. The first-order valence-electron chi connectivity index (χ1n) is 5.76. The predicted octanol–water partition coefficient (Wildman–Crippen LogP) is 5.72. The third kappa shape index (κ3) is 2.98. The largest absolute Gasteiger partial charge is 0.207 e. The van der Waals surface area contributed by atoms with Crippen molar-refractivity contribution >= 4 is 27.5 Å². The molecule has 2 rings (SSSR count). The second kappa shape index (κ2) is 5.59. The van der Waals surface area contributed by atoms with Gasteiger partial charge in [-0.2, -0.15) is 0 Å². The summed E-state index contributed by atoms with van der Waals surface area (Å²) in [7, 11) is 0. The van der Waals surface area contributed by atoms with Crippen LogP contribution in [0.2, 0.25) is 5.02 Å². The molecular formula is C15H12BrClF2. The lowest BCUT2D eigenvalue weighted by Gasteiger charge is -2.15. The summed E-state index contributed by atoms with van der Waals surface area (Å²) in [6.07, 6.45) is 0. The molecule has 0 fully saturated rings. The zero-order chi connectivity index (χ0) is 14.2. The van der Waals surface area contributed by atoms with Crippen molar-refractivity contribution in [2.24, 2.45) is 0 Å². The fourth-order valence-corrected chi connectivity index (χ4v) is 2.93. The van der Waals surface area contributed by atoms with Crippen molar-refractivity contribution in [3.8, 4) is 0 Å². The SMILES string of the molecule is Cc1cc(F)c(C(Br)c2cc(Cl)ccc2C)cc1F. The van der Waals surface area contributed by atoms with E-state index in [1.807, 2.05) is 13.0 Å². The minimum atomic E-state index is -0.430. The third-order valence-corrected chi connectivity index (χ3v) is 4.29. The fraction of sp³-hybridized carbons (Fsp3) is 0.200. The number of alkyl halides is 1. The van der Waals surface area contributed by atoms with Gasteiger partial charge in [0, 0.05) is 10.6 Å². The van der Waals surface area contributed by atoms with Gasteiger partial charge in [0.05, 0.1) is 4.83 Å². The molecule has 0 spiro atoms. The zero-order valence-corrected chi connectivity index (χ0v) is 12.8. The molecule has 2 aromatic rings. The minimum Gasteiger partial charge on any atom is -0.207 e. The Morgan fingerprint density at radius 3 is 2.32 bits per heavy atom. The summed E-state index contributed by atoms with van der Waals surface area (Å²) in [5, 5.41) is 0.568. The topological polar surface area (TPSA) is 0 Å². The number of benzene rings is 2. The Labute approximate surface area is 124 Å². The molecular weight excluding hydrogens is 334 g/mol. The Morgan fingerprint density at radius 2 is 1.63 bits per heavy atom. The first-order chi connectivity index (χ1) is 8.90. The summed E-state index contributed by atoms with van der Waals surface area (Å²) in [6, 6.07) is 7.82. The van der Waals surface area contributed by atoms with Crippen LogP contribution in [0.5, 0.6) is 0 Å². The van der Waals surface area contributed by atoms with Crippen molar-refractivity contribution in [3.05, 3.63) is 69.2 Å². The Morgan fingerprint density at radius 1 is 0.947 bits per heavy atom. The average molecular weight is 346 g/mol. The lowest BCUT2D eigenvalue weighted by atomic mass is 9.99. The van der Waals surface area contributed by atoms with Gasteiger partial charge in [0.25, 0.3) is 0 Å². The van der Waals surface area contributed by atoms with E-state index in [1.54, 1.807) is 12.1 Å². The summed E-state index contributed by atoms with van der Waals surface area (Å²) in [5.41, 5.74) is 2.36. The van der Waals surface area contributed by atoms with Gasteiger partial charge in [0.15, 0.2) is 0 Å². The smallest absolute Gasteiger partial charge is 0.128 e. The molecule has 0 aliphatic carbocycles. The standard InChI is InChI=1S/C15H12BrClF2/c1-8-3-4-10(17)6-11(8)15(16)12-7-13(18)9(2)5-14(12)19/h3-7,15H,1-2H3. The Hall–Kier alpha value is -0.930. The first-order valence-corrected chi connectivity index (χ1v) is 7.05. The van der Waals surface area contributed by atoms with Gasteiger partial charge in [-0.05, 0) is 54.8 Å². The highest BCUT2D eigenvalue weighted by molar-refractivity contribution is 9.09. The molecule has 0 radical (unpaired) electrons. The number of rotatable bonds is 2. The molecule has 100 valence electrons. The Balaban J connectivity index is 2.52. The molecule has 2 aromatic carbocycles. The van der Waals surface area contributed by atoms with Gasteiger partial charge in [-0.15, -0.1) is 0 Å². The van der Waals surface area contributed by atoms with Crippen LogP contribution in [-0.4, -0.2) is 0 Å². The van der Waals surface area contributed by atoms with Crippen LogP contribution in [0, 0.1) is 25.5 Å². The molecule has 0 aliphatic heterocycles. The van der Waals surface area contributed by atoms with Crippen LogP contribution in [-0.2, 0) is 0 Å². The van der Waals surface area contributed by atoms with E-state index in [0.717, 1.165) is 11.1 Å². The van der Waals surface area contributed by atoms with Crippen molar-refractivity contribution in [3.63, 3.8) is 0 Å². The van der Waals surface area contributed by atoms with E-state index in [2.05, 4.69) is 15.9 Å². The summed E-state index contributed by atoms with van der Waals surface area (Å²) in [6.45, 7) is 3.44. The molecule has 0 amide bonds. The fourth-order valence-electron chi connectivity index (χ4n) is 1.91. The zero-order valence-electron chi connectivity index (χ0n) is 10.5. The van der Waals surface area contributed by atoms with Crippen LogP contribution in [0.3, 0.4) is 0 Å². The number of halogens is 4. The highest BCUT2D eigenvalue weighted by Crippen LogP contribution is 2.36. The maximum absolute atomic E-state index is 14.0. The second-order valence-electron chi connectivity index (χ2n) is 4.49. The molecule has 19 heavy (non-hydrogen) atoms. The summed E-state index contributed by atoms with van der Waals surface area (Å²) in [4.78, 5) is -0.429. The maximum Gasteiger partial charge on any atom is 0.128 e. The van der Waals surface area contributed by atoms with Gasteiger partial charge in [0.2, 0.25) is 0 Å². The van der Waals surface area contributed by atoms with Gasteiger partial charge >= 0.3 is 0 Å². The Bertz CT molecular complexity index is 626. The lowest BCUT2D eigenvalue weighted by Crippen LogP contribution is -2.01. The molecule has 0 heterocycles. The van der Waals surface area contributed by atoms with E-state index in [1.165, 1.54) is 19.1 Å². The molecule has 1 atom stereocenters. The number of hydrogen-bond acceptors (Lipinski definition) is 0. The van der Waals surface area contributed by atoms with E-state index >= 15 is 0 Å². The van der Waals surface area contributed by atoms with E-state index < -0.39 is 16.5 Å². The van der Waals surface area contributed by atoms with Gasteiger partial charge in [-0.3, -0.25) is 0 Å². The van der Waals surface area contributed by atoms with Gasteiger partial charge < -0.3 is 0 Å². The van der Waals surface area contributed by atoms with Gasteiger partial charge in [0.1, 0.15) is 11.6 Å². The average Bonchev–Trinajstić information content (AvgIpc) is 2.36. The highest BCUT2D eigenvalue weighted by Gasteiger charge is 2.19. The van der Waals surface area contributed by atoms with Crippen molar-refractivity contribution < 1.29 is 8.78 Å². The highest BCUT2D eigenvalue weighted by atomic mass is 79.9. The molecule has 4 heteroatoms. The Kier molecular flexibility index (Phi) is 4.26. The van der Waals surface area contributed by atoms with E-state index in [9.17, 15) is 8.78 Å². The van der Waals surface area contributed by atoms with Crippen molar-refractivity contribution in [2.75, 3.05) is 0 Å². The maximum atomic E-state index is 14.0. The van der Waals surface area contributed by atoms with Crippen LogP contribution in [0.4, 0.5) is 8.78 Å². The van der Waals surface area contributed by atoms with Crippen LogP contribution in [0.15, 0.2) is 30.3 Å². The van der Waals surface area contributed by atoms with Crippen molar-refractivity contribution in [2.45, 2.75) is 18.7 Å². The minimum absolute atomic E-state index is 0.272. The van der Waals surface area contributed by atoms with Crippen LogP contribution in [0.1, 0.15) is 27.1 Å². The quantitative estimate of drug-likeness (QED) is 0.611. The monoisotopic (exact) mass is 344 g/mol. The van der Waals surface area contributed by atoms with E-state index in [4.69, 9.17) is 11.6 Å². The summed E-state index contributed by atoms with van der Waals surface area (Å²) >= 11 is 9.38.